The number of amides is 2. The van der Waals surface area contributed by atoms with Gasteiger partial charge in [0, 0.05) is 49.5 Å². The van der Waals surface area contributed by atoms with Gasteiger partial charge in [0.15, 0.2) is 0 Å². The molecular formula is C21H26N4O3S. The van der Waals surface area contributed by atoms with Crippen molar-refractivity contribution in [3.05, 3.63) is 39.1 Å². The first-order chi connectivity index (χ1) is 14.0. The second kappa shape index (κ2) is 8.49. The van der Waals surface area contributed by atoms with Crippen LogP contribution in [0.5, 0.6) is 0 Å². The minimum absolute atomic E-state index is 0.0460. The van der Waals surface area contributed by atoms with Crippen molar-refractivity contribution in [1.29, 1.82) is 0 Å². The van der Waals surface area contributed by atoms with Crippen molar-refractivity contribution in [3.63, 3.8) is 0 Å². The van der Waals surface area contributed by atoms with Gasteiger partial charge in [-0.2, -0.15) is 11.3 Å². The Labute approximate surface area is 173 Å². The number of likely N-dealkylation sites (tertiary alicyclic amines) is 2. The number of aromatic amines is 1. The first-order valence-corrected chi connectivity index (χ1v) is 11.2. The van der Waals surface area contributed by atoms with Crippen LogP contribution in [0.4, 0.5) is 0 Å². The molecule has 1 N–H and O–H groups in total. The number of hydrogen-bond donors (Lipinski definition) is 1. The van der Waals surface area contributed by atoms with Crippen LogP contribution in [-0.4, -0.2) is 57.3 Å². The highest BCUT2D eigenvalue weighted by molar-refractivity contribution is 7.08. The number of nitrogens with zero attached hydrogens (tertiary/aromatic N) is 3. The standard InChI is InChI=1S/C21H26N4O3S/c1-14(25-7-2-3-20(25)27)21(28)24-8-4-15(5-9-24)11-18-22-17(12-19(26)23-18)16-6-10-29-13-16/h6,10,12-15H,2-5,7-9,11H2,1H3,(H,22,23,26)/t14-/m0/s1. The van der Waals surface area contributed by atoms with E-state index < -0.39 is 0 Å². The van der Waals surface area contributed by atoms with Crippen molar-refractivity contribution in [2.24, 2.45) is 5.92 Å². The van der Waals surface area contributed by atoms with Crippen molar-refractivity contribution in [1.82, 2.24) is 19.8 Å². The number of H-pyrrole nitrogens is 1. The third-order valence-electron chi connectivity index (χ3n) is 5.95. The summed E-state index contributed by atoms with van der Waals surface area (Å²) < 4.78 is 0. The third kappa shape index (κ3) is 4.42. The van der Waals surface area contributed by atoms with Gasteiger partial charge in [0.2, 0.25) is 11.8 Å². The van der Waals surface area contributed by atoms with Gasteiger partial charge in [-0.1, -0.05) is 0 Å². The molecule has 2 aromatic heterocycles. The Hall–Kier alpha value is -2.48. The fourth-order valence-corrected chi connectivity index (χ4v) is 4.92. The zero-order valence-electron chi connectivity index (χ0n) is 16.6. The van der Waals surface area contributed by atoms with E-state index in [2.05, 4.69) is 9.97 Å². The fraction of sp³-hybridized carbons (Fsp3) is 0.524. The van der Waals surface area contributed by atoms with Crippen LogP contribution >= 0.6 is 11.3 Å². The lowest BCUT2D eigenvalue weighted by atomic mass is 9.92. The molecule has 0 spiro atoms. The normalized spacial score (nSPS) is 19.0. The second-order valence-corrected chi connectivity index (χ2v) is 8.71. The molecule has 0 bridgehead atoms. The average molecular weight is 415 g/mol. The van der Waals surface area contributed by atoms with Crippen molar-refractivity contribution in [2.45, 2.75) is 45.1 Å². The molecule has 4 heterocycles. The van der Waals surface area contributed by atoms with Crippen LogP contribution < -0.4 is 5.56 Å². The summed E-state index contributed by atoms with van der Waals surface area (Å²) in [4.78, 5) is 47.8. The van der Waals surface area contributed by atoms with Crippen LogP contribution in [-0.2, 0) is 16.0 Å². The van der Waals surface area contributed by atoms with Gasteiger partial charge in [0.1, 0.15) is 11.9 Å². The van der Waals surface area contributed by atoms with Gasteiger partial charge in [-0.3, -0.25) is 14.4 Å². The molecule has 4 rings (SSSR count). The number of thiophene rings is 1. The summed E-state index contributed by atoms with van der Waals surface area (Å²) in [6.45, 7) is 3.89. The Morgan fingerprint density at radius 3 is 2.76 bits per heavy atom. The smallest absolute Gasteiger partial charge is 0.251 e. The van der Waals surface area contributed by atoms with Gasteiger partial charge < -0.3 is 14.8 Å². The molecule has 2 fully saturated rings. The van der Waals surface area contributed by atoms with E-state index in [1.165, 1.54) is 6.07 Å². The van der Waals surface area contributed by atoms with Crippen molar-refractivity contribution in [3.8, 4) is 11.3 Å². The molecule has 2 saturated heterocycles. The summed E-state index contributed by atoms with van der Waals surface area (Å²) in [5.74, 6) is 1.22. The largest absolute Gasteiger partial charge is 0.341 e. The zero-order valence-corrected chi connectivity index (χ0v) is 17.4. The van der Waals surface area contributed by atoms with E-state index in [0.29, 0.717) is 49.9 Å². The topological polar surface area (TPSA) is 86.4 Å². The highest BCUT2D eigenvalue weighted by Crippen LogP contribution is 2.24. The predicted octanol–water partition coefficient (Wildman–Crippen LogP) is 2.29. The van der Waals surface area contributed by atoms with Crippen LogP contribution in [0.1, 0.15) is 38.4 Å². The van der Waals surface area contributed by atoms with E-state index in [9.17, 15) is 14.4 Å². The molecule has 7 nitrogen and oxygen atoms in total. The molecular weight excluding hydrogens is 388 g/mol. The molecule has 0 unspecified atom stereocenters. The van der Waals surface area contributed by atoms with Crippen molar-refractivity contribution >= 4 is 23.2 Å². The summed E-state index contributed by atoms with van der Waals surface area (Å²) in [7, 11) is 0. The fourth-order valence-electron chi connectivity index (χ4n) is 4.27. The number of aromatic nitrogens is 2. The van der Waals surface area contributed by atoms with E-state index in [4.69, 9.17) is 0 Å². The quantitative estimate of drug-likeness (QED) is 0.813. The van der Waals surface area contributed by atoms with Crippen LogP contribution in [0.25, 0.3) is 11.3 Å². The lowest BCUT2D eigenvalue weighted by Crippen LogP contribution is -2.50. The van der Waals surface area contributed by atoms with Crippen LogP contribution in [0.2, 0.25) is 0 Å². The van der Waals surface area contributed by atoms with Gasteiger partial charge >= 0.3 is 0 Å². The molecule has 2 aliphatic rings. The summed E-state index contributed by atoms with van der Waals surface area (Å²) in [6.07, 6.45) is 3.84. The molecule has 0 radical (unpaired) electrons. The molecule has 8 heteroatoms. The number of rotatable bonds is 5. The maximum atomic E-state index is 12.8. The minimum atomic E-state index is -0.373. The average Bonchev–Trinajstić information content (AvgIpc) is 3.39. The van der Waals surface area contributed by atoms with Crippen molar-refractivity contribution < 1.29 is 9.59 Å². The van der Waals surface area contributed by atoms with E-state index >= 15 is 0 Å². The first kappa shape index (κ1) is 19.8. The summed E-state index contributed by atoms with van der Waals surface area (Å²) in [5, 5.41) is 3.96. The summed E-state index contributed by atoms with van der Waals surface area (Å²) in [6, 6.07) is 3.13. The lowest BCUT2D eigenvalue weighted by molar-refractivity contribution is -0.143. The number of hydrogen-bond acceptors (Lipinski definition) is 5. The molecule has 2 aromatic rings. The number of carbonyl (C=O) groups is 2. The van der Waals surface area contributed by atoms with Crippen LogP contribution in [0.3, 0.4) is 0 Å². The SMILES string of the molecule is C[C@@H](C(=O)N1CCC(Cc2nc(-c3ccsc3)cc(=O)[nH]2)CC1)N1CCCC1=O. The highest BCUT2D eigenvalue weighted by Gasteiger charge is 2.33. The molecule has 2 aliphatic heterocycles. The molecule has 0 aromatic carbocycles. The van der Waals surface area contributed by atoms with Gasteiger partial charge in [-0.15, -0.1) is 0 Å². The van der Waals surface area contributed by atoms with E-state index in [1.807, 2.05) is 28.7 Å². The Morgan fingerprint density at radius 2 is 2.10 bits per heavy atom. The molecule has 154 valence electrons. The van der Waals surface area contributed by atoms with Crippen LogP contribution in [0, 0.1) is 5.92 Å². The van der Waals surface area contributed by atoms with Crippen molar-refractivity contribution in [2.75, 3.05) is 19.6 Å². The monoisotopic (exact) mass is 414 g/mol. The van der Waals surface area contributed by atoms with E-state index in [0.717, 1.165) is 24.8 Å². The van der Waals surface area contributed by atoms with E-state index in [-0.39, 0.29) is 23.4 Å². The number of nitrogens with one attached hydrogen (secondary N) is 1. The minimum Gasteiger partial charge on any atom is -0.341 e. The van der Waals surface area contributed by atoms with Crippen LogP contribution in [0.15, 0.2) is 27.7 Å². The molecule has 0 saturated carbocycles. The molecule has 0 aliphatic carbocycles. The summed E-state index contributed by atoms with van der Waals surface area (Å²) in [5.41, 5.74) is 1.54. The van der Waals surface area contributed by atoms with Gasteiger partial charge in [0.05, 0.1) is 5.69 Å². The van der Waals surface area contributed by atoms with Gasteiger partial charge in [-0.25, -0.2) is 4.98 Å². The third-order valence-corrected chi connectivity index (χ3v) is 6.63. The predicted molar refractivity (Wildman–Crippen MR) is 112 cm³/mol. The van der Waals surface area contributed by atoms with Gasteiger partial charge in [0.25, 0.3) is 5.56 Å². The Bertz CT molecular complexity index is 932. The maximum absolute atomic E-state index is 12.8. The number of carbonyl (C=O) groups excluding carboxylic acids is 2. The Morgan fingerprint density at radius 1 is 1.31 bits per heavy atom. The Kier molecular flexibility index (Phi) is 5.80. The molecule has 1 atom stereocenters. The molecule has 2 amide bonds. The second-order valence-electron chi connectivity index (χ2n) is 7.93. The lowest BCUT2D eigenvalue weighted by Gasteiger charge is -2.35. The molecule has 29 heavy (non-hydrogen) atoms. The zero-order chi connectivity index (χ0) is 20.4. The van der Waals surface area contributed by atoms with E-state index in [1.54, 1.807) is 16.2 Å². The highest BCUT2D eigenvalue weighted by atomic mass is 32.1. The maximum Gasteiger partial charge on any atom is 0.251 e. The number of piperidine rings is 1. The van der Waals surface area contributed by atoms with Gasteiger partial charge in [-0.05, 0) is 43.6 Å². The Balaban J connectivity index is 1.35. The summed E-state index contributed by atoms with van der Waals surface area (Å²) >= 11 is 1.58. The first-order valence-electron chi connectivity index (χ1n) is 10.2.